The van der Waals surface area contributed by atoms with Crippen molar-refractivity contribution in [1.82, 2.24) is 9.97 Å². The molecule has 0 aliphatic rings. The van der Waals surface area contributed by atoms with Crippen molar-refractivity contribution in [2.75, 3.05) is 0 Å². The number of benzene rings is 7. The Hall–Kier alpha value is -6.64. The quantitative estimate of drug-likeness (QED) is 0.170. The van der Waals surface area contributed by atoms with Crippen LogP contribution in [0.4, 0.5) is 0 Å². The summed E-state index contributed by atoms with van der Waals surface area (Å²) in [5.41, 5.74) is 13.2. The van der Waals surface area contributed by atoms with Crippen molar-refractivity contribution >= 4 is 21.5 Å². The average Bonchev–Trinajstić information content (AvgIpc) is 3.21. The molecule has 0 saturated carbocycles. The second-order valence-corrected chi connectivity index (χ2v) is 12.7. The first kappa shape index (κ1) is 29.5. The van der Waals surface area contributed by atoms with Gasteiger partial charge in [-0.25, -0.2) is 4.98 Å². The Balaban J connectivity index is 1.28. The standard InChI is InChI=1S/C48H32N2/c1-3-12-33(13-4-1)40-30-47(36-14-5-2-6-15-36)50-48(31-40)42-27-39(35-23-21-34(22-24-35)38-17-11-25-49-32-38)26-41(28-42)46-29-37-16-7-8-18-43(37)44-19-9-10-20-45(44)46/h1-32H. The molecule has 2 heteroatoms. The zero-order valence-electron chi connectivity index (χ0n) is 27.4. The van der Waals surface area contributed by atoms with Crippen molar-refractivity contribution in [3.8, 4) is 67.0 Å². The number of hydrogen-bond donors (Lipinski definition) is 0. The van der Waals surface area contributed by atoms with E-state index in [9.17, 15) is 0 Å². The lowest BCUT2D eigenvalue weighted by atomic mass is 9.89. The van der Waals surface area contributed by atoms with Gasteiger partial charge in [-0.15, -0.1) is 0 Å². The van der Waals surface area contributed by atoms with E-state index < -0.39 is 0 Å². The Labute approximate surface area is 292 Å². The van der Waals surface area contributed by atoms with Gasteiger partial charge in [0.15, 0.2) is 0 Å². The van der Waals surface area contributed by atoms with Crippen LogP contribution in [0.3, 0.4) is 0 Å². The van der Waals surface area contributed by atoms with Crippen LogP contribution in [0.2, 0.25) is 0 Å². The molecule has 9 aromatic rings. The summed E-state index contributed by atoms with van der Waals surface area (Å²) in [5.74, 6) is 0. The summed E-state index contributed by atoms with van der Waals surface area (Å²) < 4.78 is 0. The van der Waals surface area contributed by atoms with Crippen molar-refractivity contribution in [2.24, 2.45) is 0 Å². The maximum atomic E-state index is 5.33. The third-order valence-electron chi connectivity index (χ3n) is 9.52. The fourth-order valence-corrected chi connectivity index (χ4v) is 7.01. The first-order valence-corrected chi connectivity index (χ1v) is 17.0. The van der Waals surface area contributed by atoms with E-state index >= 15 is 0 Å². The number of aromatic nitrogens is 2. The van der Waals surface area contributed by atoms with Gasteiger partial charge >= 0.3 is 0 Å². The maximum absolute atomic E-state index is 5.33. The molecule has 0 atom stereocenters. The Morgan fingerprint density at radius 3 is 1.54 bits per heavy atom. The minimum absolute atomic E-state index is 0.936. The number of pyridine rings is 2. The van der Waals surface area contributed by atoms with Gasteiger partial charge in [0.2, 0.25) is 0 Å². The topological polar surface area (TPSA) is 25.8 Å². The molecule has 2 aromatic heterocycles. The van der Waals surface area contributed by atoms with Gasteiger partial charge in [-0.05, 0) is 109 Å². The highest BCUT2D eigenvalue weighted by Crippen LogP contribution is 2.40. The van der Waals surface area contributed by atoms with E-state index in [0.29, 0.717) is 0 Å². The number of nitrogens with zero attached hydrogens (tertiary/aromatic N) is 2. The summed E-state index contributed by atoms with van der Waals surface area (Å²) in [6, 6.07) is 65.1. The predicted molar refractivity (Wildman–Crippen MR) is 210 cm³/mol. The van der Waals surface area contributed by atoms with Crippen LogP contribution in [-0.2, 0) is 0 Å². The Morgan fingerprint density at radius 1 is 0.300 bits per heavy atom. The van der Waals surface area contributed by atoms with Gasteiger partial charge in [-0.3, -0.25) is 4.98 Å². The molecule has 0 aliphatic carbocycles. The molecule has 0 fully saturated rings. The van der Waals surface area contributed by atoms with E-state index in [0.717, 1.165) is 61.5 Å². The normalized spacial score (nSPS) is 11.2. The van der Waals surface area contributed by atoms with Crippen LogP contribution in [0, 0.1) is 0 Å². The molecule has 2 nitrogen and oxygen atoms in total. The van der Waals surface area contributed by atoms with Gasteiger partial charge in [0.05, 0.1) is 11.4 Å². The molecule has 9 rings (SSSR count). The van der Waals surface area contributed by atoms with E-state index in [4.69, 9.17) is 4.98 Å². The van der Waals surface area contributed by atoms with Crippen LogP contribution in [0.25, 0.3) is 88.6 Å². The molecule has 0 aliphatic heterocycles. The van der Waals surface area contributed by atoms with Gasteiger partial charge in [0, 0.05) is 23.5 Å². The Bertz CT molecular complexity index is 2550. The van der Waals surface area contributed by atoms with Crippen LogP contribution in [0.15, 0.2) is 194 Å². The van der Waals surface area contributed by atoms with E-state index in [1.54, 1.807) is 0 Å². The molecule has 2 heterocycles. The zero-order valence-corrected chi connectivity index (χ0v) is 27.4. The van der Waals surface area contributed by atoms with Crippen LogP contribution in [-0.4, -0.2) is 9.97 Å². The molecule has 50 heavy (non-hydrogen) atoms. The Kier molecular flexibility index (Phi) is 7.53. The van der Waals surface area contributed by atoms with Crippen molar-refractivity contribution in [2.45, 2.75) is 0 Å². The smallest absolute Gasteiger partial charge is 0.0716 e. The van der Waals surface area contributed by atoms with E-state index in [-0.39, 0.29) is 0 Å². The van der Waals surface area contributed by atoms with Crippen molar-refractivity contribution in [1.29, 1.82) is 0 Å². The van der Waals surface area contributed by atoms with E-state index in [1.807, 2.05) is 18.5 Å². The van der Waals surface area contributed by atoms with Crippen LogP contribution >= 0.6 is 0 Å². The first-order valence-electron chi connectivity index (χ1n) is 17.0. The third-order valence-corrected chi connectivity index (χ3v) is 9.52. The summed E-state index contributed by atoms with van der Waals surface area (Å²) >= 11 is 0. The maximum Gasteiger partial charge on any atom is 0.0716 e. The monoisotopic (exact) mass is 636 g/mol. The second kappa shape index (κ2) is 12.8. The summed E-state index contributed by atoms with van der Waals surface area (Å²) in [4.78, 5) is 9.66. The summed E-state index contributed by atoms with van der Waals surface area (Å²) in [5, 5.41) is 4.98. The average molecular weight is 637 g/mol. The predicted octanol–water partition coefficient (Wildman–Crippen LogP) is 12.8. The highest BCUT2D eigenvalue weighted by Gasteiger charge is 2.15. The second-order valence-electron chi connectivity index (χ2n) is 12.7. The fraction of sp³-hybridized carbons (Fsp3) is 0. The van der Waals surface area contributed by atoms with Gasteiger partial charge in [-0.1, -0.05) is 140 Å². The van der Waals surface area contributed by atoms with Gasteiger partial charge < -0.3 is 0 Å². The molecular formula is C48H32N2. The molecule has 7 aromatic carbocycles. The largest absolute Gasteiger partial charge is 0.264 e. The number of fused-ring (bicyclic) bond motifs is 3. The lowest BCUT2D eigenvalue weighted by Crippen LogP contribution is -1.93. The van der Waals surface area contributed by atoms with E-state index in [2.05, 4.69) is 181 Å². The van der Waals surface area contributed by atoms with Gasteiger partial charge in [0.25, 0.3) is 0 Å². The van der Waals surface area contributed by atoms with Crippen molar-refractivity contribution < 1.29 is 0 Å². The molecule has 0 bridgehead atoms. The molecule has 0 saturated heterocycles. The lowest BCUT2D eigenvalue weighted by molar-refractivity contribution is 1.32. The summed E-state index contributed by atoms with van der Waals surface area (Å²) in [6.45, 7) is 0. The minimum atomic E-state index is 0.936. The number of hydrogen-bond acceptors (Lipinski definition) is 2. The molecular weight excluding hydrogens is 605 g/mol. The van der Waals surface area contributed by atoms with Crippen LogP contribution in [0.5, 0.6) is 0 Å². The van der Waals surface area contributed by atoms with Crippen LogP contribution < -0.4 is 0 Å². The lowest BCUT2D eigenvalue weighted by Gasteiger charge is -2.16. The molecule has 0 radical (unpaired) electrons. The van der Waals surface area contributed by atoms with Crippen molar-refractivity contribution in [3.05, 3.63) is 194 Å². The fourth-order valence-electron chi connectivity index (χ4n) is 7.01. The summed E-state index contributed by atoms with van der Waals surface area (Å²) in [6.07, 6.45) is 3.72. The molecule has 0 N–H and O–H groups in total. The molecule has 0 spiro atoms. The molecule has 0 unspecified atom stereocenters. The molecule has 234 valence electrons. The van der Waals surface area contributed by atoms with Crippen LogP contribution in [0.1, 0.15) is 0 Å². The van der Waals surface area contributed by atoms with E-state index in [1.165, 1.54) is 27.1 Å². The minimum Gasteiger partial charge on any atom is -0.264 e. The zero-order chi connectivity index (χ0) is 33.3. The third kappa shape index (κ3) is 5.63. The van der Waals surface area contributed by atoms with Gasteiger partial charge in [-0.2, -0.15) is 0 Å². The highest BCUT2D eigenvalue weighted by atomic mass is 14.7. The number of rotatable bonds is 6. The van der Waals surface area contributed by atoms with Gasteiger partial charge in [0.1, 0.15) is 0 Å². The molecule has 0 amide bonds. The highest BCUT2D eigenvalue weighted by molar-refractivity contribution is 6.14. The summed E-state index contributed by atoms with van der Waals surface area (Å²) in [7, 11) is 0. The van der Waals surface area contributed by atoms with Crippen molar-refractivity contribution in [3.63, 3.8) is 0 Å². The SMILES string of the molecule is c1ccc(-c2cc(-c3ccccc3)nc(-c3cc(-c4ccc(-c5cccnc5)cc4)cc(-c4cc5ccccc5c5ccccc45)c3)c2)cc1. The Morgan fingerprint density at radius 2 is 0.820 bits per heavy atom. The first-order chi connectivity index (χ1) is 24.8.